The van der Waals surface area contributed by atoms with Gasteiger partial charge in [-0.15, -0.1) is 0 Å². The van der Waals surface area contributed by atoms with Crippen molar-refractivity contribution in [2.75, 3.05) is 69.8 Å². The maximum atomic E-state index is 13.1. The molecule has 1 saturated carbocycles. The summed E-state index contributed by atoms with van der Waals surface area (Å²) in [5, 5.41) is 2.88. The van der Waals surface area contributed by atoms with Crippen molar-refractivity contribution < 1.29 is 14.3 Å². The predicted molar refractivity (Wildman–Crippen MR) is 182 cm³/mol. The summed E-state index contributed by atoms with van der Waals surface area (Å²) in [4.78, 5) is 35.3. The van der Waals surface area contributed by atoms with Crippen LogP contribution in [0.3, 0.4) is 0 Å². The summed E-state index contributed by atoms with van der Waals surface area (Å²) in [6.45, 7) is 17.8. The summed E-state index contributed by atoms with van der Waals surface area (Å²) in [6, 6.07) is 12.4. The van der Waals surface area contributed by atoms with Gasteiger partial charge < -0.3 is 29.0 Å². The fraction of sp³-hybridized carbons (Fsp3) is 0.543. The number of carbonyl (C=O) groups is 1. The quantitative estimate of drug-likeness (QED) is 0.280. The number of hydrogen-bond acceptors (Lipinski definition) is 8. The van der Waals surface area contributed by atoms with Gasteiger partial charge in [0.1, 0.15) is 17.5 Å². The molecule has 1 aliphatic carbocycles. The van der Waals surface area contributed by atoms with Crippen molar-refractivity contribution >= 4 is 40.0 Å². The summed E-state index contributed by atoms with van der Waals surface area (Å²) in [5.74, 6) is 0.840. The van der Waals surface area contributed by atoms with Gasteiger partial charge in [-0.1, -0.05) is 35.9 Å². The highest BCUT2D eigenvalue weighted by Gasteiger charge is 2.44. The molecule has 6 rings (SSSR count). The van der Waals surface area contributed by atoms with E-state index in [0.29, 0.717) is 38.8 Å². The van der Waals surface area contributed by atoms with Crippen LogP contribution in [0, 0.1) is 12.0 Å². The van der Waals surface area contributed by atoms with Gasteiger partial charge >= 0.3 is 12.1 Å². The van der Waals surface area contributed by atoms with Crippen molar-refractivity contribution in [1.82, 2.24) is 19.8 Å². The van der Waals surface area contributed by atoms with Gasteiger partial charge in [0.15, 0.2) is 0 Å². The van der Waals surface area contributed by atoms with Gasteiger partial charge in [0, 0.05) is 54.8 Å². The summed E-state index contributed by atoms with van der Waals surface area (Å²) in [6.07, 6.45) is 2.62. The monoisotopic (exact) mass is 645 g/mol. The van der Waals surface area contributed by atoms with Crippen molar-refractivity contribution in [2.45, 2.75) is 58.2 Å². The molecule has 2 fully saturated rings. The first-order valence-electron chi connectivity index (χ1n) is 16.1. The molecule has 0 radical (unpaired) electrons. The largest absolute Gasteiger partial charge is 0.463 e. The van der Waals surface area contributed by atoms with Gasteiger partial charge in [0.05, 0.1) is 23.9 Å². The van der Waals surface area contributed by atoms with E-state index in [1.165, 1.54) is 0 Å². The summed E-state index contributed by atoms with van der Waals surface area (Å²) in [5.41, 5.74) is 2.64. The lowest BCUT2D eigenvalue weighted by molar-refractivity contribution is 0.0155. The number of amides is 1. The average molecular weight is 646 g/mol. The predicted octanol–water partition coefficient (Wildman–Crippen LogP) is 5.91. The Morgan fingerprint density at radius 2 is 1.87 bits per heavy atom. The molecule has 0 bridgehead atoms. The van der Waals surface area contributed by atoms with Gasteiger partial charge in [0.25, 0.3) is 0 Å². The lowest BCUT2D eigenvalue weighted by Crippen LogP contribution is -2.57. The molecular formula is C35H44ClN7O3. The molecule has 46 heavy (non-hydrogen) atoms. The Balaban J connectivity index is 1.32. The van der Waals surface area contributed by atoms with E-state index in [0.717, 1.165) is 70.9 Å². The van der Waals surface area contributed by atoms with Crippen LogP contribution in [0.1, 0.15) is 44.9 Å². The SMILES string of the molecule is [C-]#[N+]C[C@H]1CN(c2nc(OCC3(CN(C)C)CC3)nc3c2CCN(c2cccc4cccc(Cl)c24)C3)CCN1C(=O)OC(C)(C)C. The van der Waals surface area contributed by atoms with E-state index in [1.54, 1.807) is 4.90 Å². The van der Waals surface area contributed by atoms with Crippen molar-refractivity contribution in [3.8, 4) is 6.01 Å². The van der Waals surface area contributed by atoms with E-state index < -0.39 is 5.60 Å². The van der Waals surface area contributed by atoms with Crippen molar-refractivity contribution in [2.24, 2.45) is 5.41 Å². The molecule has 0 spiro atoms. The van der Waals surface area contributed by atoms with Crippen molar-refractivity contribution in [3.05, 3.63) is 64.1 Å². The number of hydrogen-bond donors (Lipinski definition) is 0. The third-order valence-corrected chi connectivity index (χ3v) is 9.34. The molecule has 2 aliphatic heterocycles. The zero-order valence-electron chi connectivity index (χ0n) is 27.6. The number of nitrogens with zero attached hydrogens (tertiary/aromatic N) is 7. The van der Waals surface area contributed by atoms with Crippen LogP contribution in [0.25, 0.3) is 15.6 Å². The molecule has 0 N–H and O–H groups in total. The molecule has 1 saturated heterocycles. The number of halogens is 1. The first kappa shape index (κ1) is 32.1. The van der Waals surface area contributed by atoms with Crippen LogP contribution in [0.4, 0.5) is 16.3 Å². The van der Waals surface area contributed by atoms with Crippen molar-refractivity contribution in [3.63, 3.8) is 0 Å². The van der Waals surface area contributed by atoms with Crippen LogP contribution in [-0.4, -0.2) is 97.5 Å². The Labute approximate surface area is 277 Å². The number of fused-ring (bicyclic) bond motifs is 2. The maximum Gasteiger partial charge on any atom is 0.410 e. The molecule has 1 aromatic heterocycles. The van der Waals surface area contributed by atoms with Crippen LogP contribution in [0.2, 0.25) is 5.02 Å². The van der Waals surface area contributed by atoms with Crippen LogP contribution in [0.15, 0.2) is 36.4 Å². The van der Waals surface area contributed by atoms with Crippen LogP contribution >= 0.6 is 11.6 Å². The number of carbonyl (C=O) groups excluding carboxylic acids is 1. The standard InChI is InChI=1S/C35H44ClN7O3/c1-34(2,3)46-33(44)43-18-17-42(20-25(43)19-37-4)31-26-13-16-41(29-12-8-10-24-9-7-11-27(36)30(24)29)21-28(26)38-32(39-31)45-23-35(14-15-35)22-40(5)6/h7-12,25H,13-23H2,1-3,5-6H3/t25-/m0/s1. The number of anilines is 2. The summed E-state index contributed by atoms with van der Waals surface area (Å²) >= 11 is 6.73. The Morgan fingerprint density at radius 3 is 2.57 bits per heavy atom. The number of rotatable bonds is 8. The van der Waals surface area contributed by atoms with E-state index in [9.17, 15) is 4.79 Å². The Bertz CT molecular complexity index is 1640. The second kappa shape index (κ2) is 12.8. The first-order chi connectivity index (χ1) is 21.9. The number of benzene rings is 2. The number of aromatic nitrogens is 2. The van der Waals surface area contributed by atoms with E-state index >= 15 is 0 Å². The average Bonchev–Trinajstić information content (AvgIpc) is 3.77. The van der Waals surface area contributed by atoms with Crippen LogP contribution in [0.5, 0.6) is 6.01 Å². The van der Waals surface area contributed by atoms with Gasteiger partial charge in [-0.05, 0) is 71.6 Å². The van der Waals surface area contributed by atoms with Gasteiger partial charge in [-0.25, -0.2) is 11.4 Å². The second-order valence-corrected chi connectivity index (χ2v) is 14.6. The first-order valence-corrected chi connectivity index (χ1v) is 16.5. The van der Waals surface area contributed by atoms with E-state index in [4.69, 9.17) is 37.6 Å². The molecular weight excluding hydrogens is 602 g/mol. The summed E-state index contributed by atoms with van der Waals surface area (Å²) < 4.78 is 12.1. The minimum Gasteiger partial charge on any atom is -0.463 e. The topological polar surface area (TPSA) is 78.6 Å². The Hall–Kier alpha value is -3.81. The van der Waals surface area contributed by atoms with Crippen LogP contribution in [-0.2, 0) is 17.7 Å². The second-order valence-electron chi connectivity index (χ2n) is 14.2. The smallest absolute Gasteiger partial charge is 0.410 e. The highest BCUT2D eigenvalue weighted by atomic mass is 35.5. The normalized spacial score (nSPS) is 19.2. The molecule has 1 atom stereocenters. The number of ether oxygens (including phenoxy) is 2. The minimum absolute atomic E-state index is 0.133. The number of piperazine rings is 1. The van der Waals surface area contributed by atoms with E-state index in [2.05, 4.69) is 57.9 Å². The fourth-order valence-corrected chi connectivity index (χ4v) is 7.02. The Morgan fingerprint density at radius 1 is 1.11 bits per heavy atom. The lowest BCUT2D eigenvalue weighted by Gasteiger charge is -2.41. The third-order valence-electron chi connectivity index (χ3n) is 9.02. The Kier molecular flexibility index (Phi) is 8.92. The lowest BCUT2D eigenvalue weighted by atomic mass is 10.0. The van der Waals surface area contributed by atoms with E-state index in [-0.39, 0.29) is 24.1 Å². The highest BCUT2D eigenvalue weighted by Crippen LogP contribution is 2.46. The molecule has 3 heterocycles. The molecule has 0 unspecified atom stereocenters. The third kappa shape index (κ3) is 6.96. The van der Waals surface area contributed by atoms with Crippen molar-refractivity contribution in [1.29, 1.82) is 0 Å². The highest BCUT2D eigenvalue weighted by molar-refractivity contribution is 6.36. The minimum atomic E-state index is -0.611. The molecule has 244 valence electrons. The van der Waals surface area contributed by atoms with Crippen LogP contribution < -0.4 is 14.5 Å². The molecule has 11 heteroatoms. The van der Waals surface area contributed by atoms with Gasteiger partial charge in [-0.3, -0.25) is 4.90 Å². The fourth-order valence-electron chi connectivity index (χ4n) is 6.74. The molecule has 10 nitrogen and oxygen atoms in total. The summed E-state index contributed by atoms with van der Waals surface area (Å²) in [7, 11) is 4.19. The van der Waals surface area contributed by atoms with Gasteiger partial charge in [0.2, 0.25) is 6.54 Å². The molecule has 2 aromatic carbocycles. The maximum absolute atomic E-state index is 13.1. The zero-order valence-corrected chi connectivity index (χ0v) is 28.3. The van der Waals surface area contributed by atoms with Gasteiger partial charge in [-0.2, -0.15) is 9.97 Å². The molecule has 1 amide bonds. The zero-order chi connectivity index (χ0) is 32.6. The molecule has 3 aromatic rings. The molecule has 3 aliphatic rings. The van der Waals surface area contributed by atoms with E-state index in [1.807, 2.05) is 32.9 Å².